The monoisotopic (exact) mass is 375 g/mol. The van der Waals surface area contributed by atoms with Crippen LogP contribution < -0.4 is 5.32 Å². The molecule has 0 spiro atoms. The number of nitrogens with zero attached hydrogens (tertiary/aromatic N) is 2. The van der Waals surface area contributed by atoms with Crippen LogP contribution in [0.4, 0.5) is 0 Å². The molecular formula is C19H25N3O3S. The Morgan fingerprint density at radius 2 is 1.88 bits per heavy atom. The Hall–Kier alpha value is -2.28. The van der Waals surface area contributed by atoms with Crippen LogP contribution in [-0.4, -0.2) is 33.0 Å². The van der Waals surface area contributed by atoms with Gasteiger partial charge in [0.1, 0.15) is 0 Å². The molecule has 0 saturated carbocycles. The van der Waals surface area contributed by atoms with Crippen LogP contribution in [-0.2, 0) is 16.6 Å². The standard InChI is InChI=1S/C19H25N3O3S/c1-11(18-12(2)21-22(4)13(18)3)19(25)20-16(10-17(23)24)14-6-8-15(26-5)9-7-14/h6-9,11,16H,10H2,1-5H3,(H,20,25)(H,23,24). The van der Waals surface area contributed by atoms with Crippen LogP contribution in [0, 0.1) is 13.8 Å². The van der Waals surface area contributed by atoms with Gasteiger partial charge < -0.3 is 10.4 Å². The van der Waals surface area contributed by atoms with E-state index < -0.39 is 17.9 Å². The highest BCUT2D eigenvalue weighted by Crippen LogP contribution is 2.26. The lowest BCUT2D eigenvalue weighted by Crippen LogP contribution is -2.33. The molecule has 2 aromatic rings. The number of carboxylic acids is 1. The van der Waals surface area contributed by atoms with Crippen molar-refractivity contribution in [3.63, 3.8) is 0 Å². The van der Waals surface area contributed by atoms with E-state index in [4.69, 9.17) is 0 Å². The summed E-state index contributed by atoms with van der Waals surface area (Å²) in [5.41, 5.74) is 3.42. The molecule has 1 aromatic heterocycles. The first-order valence-electron chi connectivity index (χ1n) is 8.40. The van der Waals surface area contributed by atoms with Gasteiger partial charge in [-0.3, -0.25) is 14.3 Å². The maximum atomic E-state index is 12.8. The van der Waals surface area contributed by atoms with Crippen molar-refractivity contribution in [1.29, 1.82) is 0 Å². The summed E-state index contributed by atoms with van der Waals surface area (Å²) in [4.78, 5) is 25.2. The highest BCUT2D eigenvalue weighted by molar-refractivity contribution is 7.98. The molecule has 0 aliphatic rings. The molecule has 0 saturated heterocycles. The molecular weight excluding hydrogens is 350 g/mol. The van der Waals surface area contributed by atoms with Crippen LogP contribution >= 0.6 is 11.8 Å². The highest BCUT2D eigenvalue weighted by atomic mass is 32.2. The van der Waals surface area contributed by atoms with E-state index >= 15 is 0 Å². The molecule has 140 valence electrons. The van der Waals surface area contributed by atoms with Gasteiger partial charge in [-0.1, -0.05) is 12.1 Å². The van der Waals surface area contributed by atoms with Gasteiger partial charge in [0.15, 0.2) is 0 Å². The molecule has 2 atom stereocenters. The molecule has 1 heterocycles. The zero-order valence-corrected chi connectivity index (χ0v) is 16.6. The van der Waals surface area contributed by atoms with Crippen molar-refractivity contribution in [2.24, 2.45) is 7.05 Å². The van der Waals surface area contributed by atoms with Crippen molar-refractivity contribution < 1.29 is 14.7 Å². The minimum absolute atomic E-state index is 0.165. The number of aliphatic carboxylic acids is 1. The molecule has 0 aliphatic carbocycles. The maximum absolute atomic E-state index is 12.8. The maximum Gasteiger partial charge on any atom is 0.305 e. The third-order valence-electron chi connectivity index (χ3n) is 4.60. The molecule has 1 aromatic carbocycles. The van der Waals surface area contributed by atoms with E-state index in [1.807, 2.05) is 58.3 Å². The number of benzene rings is 1. The number of thioether (sulfide) groups is 1. The first-order valence-corrected chi connectivity index (χ1v) is 9.63. The smallest absolute Gasteiger partial charge is 0.305 e. The predicted octanol–water partition coefficient (Wildman–Crippen LogP) is 3.19. The Morgan fingerprint density at radius 3 is 2.35 bits per heavy atom. The average Bonchev–Trinajstić information content (AvgIpc) is 2.85. The number of carbonyl (C=O) groups excluding carboxylic acids is 1. The fourth-order valence-electron chi connectivity index (χ4n) is 3.11. The second kappa shape index (κ2) is 8.40. The zero-order chi connectivity index (χ0) is 19.4. The van der Waals surface area contributed by atoms with Crippen LogP contribution in [0.15, 0.2) is 29.2 Å². The summed E-state index contributed by atoms with van der Waals surface area (Å²) in [5, 5.41) is 16.5. The van der Waals surface area contributed by atoms with Gasteiger partial charge in [-0.05, 0) is 44.7 Å². The van der Waals surface area contributed by atoms with Gasteiger partial charge in [0.05, 0.1) is 24.1 Å². The number of rotatable bonds is 7. The van der Waals surface area contributed by atoms with E-state index in [-0.39, 0.29) is 12.3 Å². The lowest BCUT2D eigenvalue weighted by atomic mass is 9.96. The largest absolute Gasteiger partial charge is 0.481 e. The zero-order valence-electron chi connectivity index (χ0n) is 15.7. The van der Waals surface area contributed by atoms with Gasteiger partial charge >= 0.3 is 5.97 Å². The van der Waals surface area contributed by atoms with E-state index in [9.17, 15) is 14.7 Å². The Bertz CT molecular complexity index is 799. The van der Waals surface area contributed by atoms with Gasteiger partial charge in [-0.15, -0.1) is 11.8 Å². The summed E-state index contributed by atoms with van der Waals surface area (Å²) < 4.78 is 1.75. The van der Waals surface area contributed by atoms with Crippen molar-refractivity contribution in [1.82, 2.24) is 15.1 Å². The number of carbonyl (C=O) groups is 2. The minimum atomic E-state index is -0.953. The lowest BCUT2D eigenvalue weighted by Gasteiger charge is -2.21. The second-order valence-corrected chi connectivity index (χ2v) is 7.24. The highest BCUT2D eigenvalue weighted by Gasteiger charge is 2.26. The SMILES string of the molecule is CSc1ccc(C(CC(=O)O)NC(=O)C(C)c2c(C)nn(C)c2C)cc1. The molecule has 0 fully saturated rings. The van der Waals surface area contributed by atoms with Crippen molar-refractivity contribution >= 4 is 23.6 Å². The lowest BCUT2D eigenvalue weighted by molar-refractivity contribution is -0.137. The quantitative estimate of drug-likeness (QED) is 0.726. The summed E-state index contributed by atoms with van der Waals surface area (Å²) in [6, 6.07) is 7.02. The molecule has 0 radical (unpaired) electrons. The molecule has 2 rings (SSSR count). The van der Waals surface area contributed by atoms with Crippen LogP contribution in [0.25, 0.3) is 0 Å². The van der Waals surface area contributed by atoms with Crippen LogP contribution in [0.5, 0.6) is 0 Å². The molecule has 26 heavy (non-hydrogen) atoms. The van der Waals surface area contributed by atoms with Crippen molar-refractivity contribution in [3.8, 4) is 0 Å². The Balaban J connectivity index is 2.23. The third kappa shape index (κ3) is 4.46. The van der Waals surface area contributed by atoms with Crippen molar-refractivity contribution in [2.75, 3.05) is 6.26 Å². The van der Waals surface area contributed by atoms with Gasteiger partial charge in [0, 0.05) is 23.2 Å². The van der Waals surface area contributed by atoms with Crippen LogP contribution in [0.3, 0.4) is 0 Å². The van der Waals surface area contributed by atoms with Crippen LogP contribution in [0.2, 0.25) is 0 Å². The first-order chi connectivity index (χ1) is 12.2. The van der Waals surface area contributed by atoms with E-state index in [0.717, 1.165) is 27.4 Å². The molecule has 2 unspecified atom stereocenters. The molecule has 7 heteroatoms. The minimum Gasteiger partial charge on any atom is -0.481 e. The fraction of sp³-hybridized carbons (Fsp3) is 0.421. The number of hydrogen-bond acceptors (Lipinski definition) is 4. The number of aromatic nitrogens is 2. The number of nitrogens with one attached hydrogen (secondary N) is 1. The summed E-state index contributed by atoms with van der Waals surface area (Å²) >= 11 is 1.61. The van der Waals surface area contributed by atoms with Crippen molar-refractivity contribution in [3.05, 3.63) is 46.8 Å². The summed E-state index contributed by atoms with van der Waals surface area (Å²) in [6.07, 6.45) is 1.81. The predicted molar refractivity (Wildman–Crippen MR) is 102 cm³/mol. The summed E-state index contributed by atoms with van der Waals surface area (Å²) in [7, 11) is 1.84. The van der Waals surface area contributed by atoms with E-state index in [2.05, 4.69) is 10.4 Å². The Kier molecular flexibility index (Phi) is 6.47. The number of aryl methyl sites for hydroxylation is 2. The van der Waals surface area contributed by atoms with Crippen LogP contribution in [0.1, 0.15) is 47.8 Å². The molecule has 1 amide bonds. The number of hydrogen-bond donors (Lipinski definition) is 2. The van der Waals surface area contributed by atoms with E-state index in [1.54, 1.807) is 16.4 Å². The van der Waals surface area contributed by atoms with Crippen molar-refractivity contribution in [2.45, 2.75) is 44.0 Å². The summed E-state index contributed by atoms with van der Waals surface area (Å²) in [6.45, 7) is 5.62. The molecule has 0 aliphatic heterocycles. The number of carboxylic acid groups (broad SMARTS) is 1. The normalized spacial score (nSPS) is 13.3. The average molecular weight is 375 g/mol. The molecule has 2 N–H and O–H groups in total. The Labute approximate surface area is 158 Å². The Morgan fingerprint density at radius 1 is 1.27 bits per heavy atom. The van der Waals surface area contributed by atoms with Gasteiger partial charge in [0.25, 0.3) is 0 Å². The van der Waals surface area contributed by atoms with Gasteiger partial charge in [-0.25, -0.2) is 0 Å². The number of amides is 1. The van der Waals surface area contributed by atoms with Gasteiger partial charge in [0.2, 0.25) is 5.91 Å². The van der Waals surface area contributed by atoms with E-state index in [0.29, 0.717) is 0 Å². The van der Waals surface area contributed by atoms with Gasteiger partial charge in [-0.2, -0.15) is 5.10 Å². The molecule has 6 nitrogen and oxygen atoms in total. The second-order valence-electron chi connectivity index (χ2n) is 6.36. The third-order valence-corrected chi connectivity index (χ3v) is 5.35. The fourth-order valence-corrected chi connectivity index (χ4v) is 3.52. The molecule has 0 bridgehead atoms. The van der Waals surface area contributed by atoms with E-state index in [1.165, 1.54) is 0 Å². The first kappa shape index (κ1) is 20.0. The topological polar surface area (TPSA) is 84.2 Å². The summed E-state index contributed by atoms with van der Waals surface area (Å²) in [5.74, 6) is -1.57.